The molecule has 10 rings (SSSR count). The van der Waals surface area contributed by atoms with E-state index in [0.717, 1.165) is 72.3 Å². The van der Waals surface area contributed by atoms with Crippen molar-refractivity contribution < 1.29 is 0 Å². The second-order valence-corrected chi connectivity index (χ2v) is 12.8. The molecule has 3 aromatic heterocycles. The van der Waals surface area contributed by atoms with E-state index in [0.29, 0.717) is 5.82 Å². The molecule has 4 nitrogen and oxygen atoms in total. The number of para-hydroxylation sites is 2. The summed E-state index contributed by atoms with van der Waals surface area (Å²) < 4.78 is 2.38. The monoisotopic (exact) mass is 650 g/mol. The first-order chi connectivity index (χ1) is 25.3. The smallest absolute Gasteiger partial charge is 0.160 e. The molecule has 0 saturated heterocycles. The van der Waals surface area contributed by atoms with Crippen LogP contribution in [-0.2, 0) is 0 Å². The molecule has 4 heteroatoms. The van der Waals surface area contributed by atoms with Crippen molar-refractivity contribution in [2.24, 2.45) is 0 Å². The van der Waals surface area contributed by atoms with Crippen LogP contribution in [0.5, 0.6) is 0 Å². The molecule has 0 fully saturated rings. The predicted octanol–water partition coefficient (Wildman–Crippen LogP) is 11.9. The zero-order chi connectivity index (χ0) is 33.7. The summed E-state index contributed by atoms with van der Waals surface area (Å²) in [7, 11) is 0. The van der Waals surface area contributed by atoms with Crippen LogP contribution >= 0.6 is 0 Å². The Morgan fingerprint density at radius 2 is 0.922 bits per heavy atom. The maximum absolute atomic E-state index is 5.20. The van der Waals surface area contributed by atoms with Gasteiger partial charge in [0.05, 0.1) is 33.6 Å². The van der Waals surface area contributed by atoms with Gasteiger partial charge in [0, 0.05) is 54.9 Å². The first-order valence-electron chi connectivity index (χ1n) is 17.2. The van der Waals surface area contributed by atoms with Crippen LogP contribution in [-0.4, -0.2) is 19.5 Å². The van der Waals surface area contributed by atoms with E-state index in [4.69, 9.17) is 15.0 Å². The number of aromatic nitrogens is 4. The van der Waals surface area contributed by atoms with Crippen LogP contribution < -0.4 is 0 Å². The summed E-state index contributed by atoms with van der Waals surface area (Å²) in [5.74, 6) is 0.710. The third-order valence-electron chi connectivity index (χ3n) is 9.80. The molecule has 0 aliphatic rings. The van der Waals surface area contributed by atoms with Crippen LogP contribution in [0, 0.1) is 0 Å². The van der Waals surface area contributed by atoms with E-state index >= 15 is 0 Å². The number of hydrogen-bond acceptors (Lipinski definition) is 3. The Morgan fingerprint density at radius 3 is 1.63 bits per heavy atom. The fourth-order valence-corrected chi connectivity index (χ4v) is 7.44. The molecule has 0 radical (unpaired) electrons. The minimum atomic E-state index is 0.710. The van der Waals surface area contributed by atoms with Gasteiger partial charge in [-0.25, -0.2) is 15.0 Å². The number of rotatable bonds is 5. The molecule has 0 saturated carbocycles. The van der Waals surface area contributed by atoms with Crippen molar-refractivity contribution >= 4 is 43.5 Å². The van der Waals surface area contributed by atoms with Gasteiger partial charge in [0.15, 0.2) is 5.82 Å². The average molecular weight is 651 g/mol. The third kappa shape index (κ3) is 4.88. The highest BCUT2D eigenvalue weighted by Gasteiger charge is 2.19. The zero-order valence-electron chi connectivity index (χ0n) is 27.6. The number of fused-ring (bicyclic) bond motifs is 7. The normalized spacial score (nSPS) is 11.5. The number of nitrogens with zero attached hydrogens (tertiary/aromatic N) is 4. The highest BCUT2D eigenvalue weighted by molar-refractivity contribution is 6.29. The minimum Gasteiger partial charge on any atom is -0.309 e. The van der Waals surface area contributed by atoms with Crippen LogP contribution in [0.1, 0.15) is 0 Å². The maximum Gasteiger partial charge on any atom is 0.160 e. The van der Waals surface area contributed by atoms with E-state index in [1.807, 2.05) is 36.4 Å². The molecule has 0 amide bonds. The Hall–Kier alpha value is -6.91. The molecule has 10 aromatic rings. The van der Waals surface area contributed by atoms with Crippen molar-refractivity contribution in [3.8, 4) is 50.8 Å². The van der Waals surface area contributed by atoms with Crippen molar-refractivity contribution in [2.75, 3.05) is 0 Å². The average Bonchev–Trinajstić information content (AvgIpc) is 3.56. The Morgan fingerprint density at radius 1 is 0.353 bits per heavy atom. The summed E-state index contributed by atoms with van der Waals surface area (Å²) >= 11 is 0. The maximum atomic E-state index is 5.20. The van der Waals surface area contributed by atoms with Crippen LogP contribution in [0.25, 0.3) is 94.3 Å². The molecule has 0 atom stereocenters. The Bertz CT molecular complexity index is 2820. The van der Waals surface area contributed by atoms with Crippen LogP contribution in [0.4, 0.5) is 0 Å². The molecule has 0 aliphatic carbocycles. The molecule has 0 unspecified atom stereocenters. The van der Waals surface area contributed by atoms with Gasteiger partial charge >= 0.3 is 0 Å². The van der Waals surface area contributed by atoms with Crippen LogP contribution in [0.2, 0.25) is 0 Å². The highest BCUT2D eigenvalue weighted by atomic mass is 15.0. The van der Waals surface area contributed by atoms with E-state index in [1.165, 1.54) is 16.2 Å². The van der Waals surface area contributed by atoms with Gasteiger partial charge in [-0.3, -0.25) is 0 Å². The lowest BCUT2D eigenvalue weighted by molar-refractivity contribution is 1.17. The van der Waals surface area contributed by atoms with Gasteiger partial charge in [0.25, 0.3) is 0 Å². The fourth-order valence-electron chi connectivity index (χ4n) is 7.44. The van der Waals surface area contributed by atoms with Gasteiger partial charge in [0.2, 0.25) is 0 Å². The fraction of sp³-hybridized carbons (Fsp3) is 0. The largest absolute Gasteiger partial charge is 0.309 e. The van der Waals surface area contributed by atoms with Crippen LogP contribution in [0.15, 0.2) is 182 Å². The predicted molar refractivity (Wildman–Crippen MR) is 211 cm³/mol. The molecule has 0 aliphatic heterocycles. The number of pyridine rings is 1. The number of benzene rings is 7. The zero-order valence-corrected chi connectivity index (χ0v) is 27.6. The van der Waals surface area contributed by atoms with Crippen molar-refractivity contribution in [3.05, 3.63) is 182 Å². The van der Waals surface area contributed by atoms with Gasteiger partial charge < -0.3 is 4.57 Å². The van der Waals surface area contributed by atoms with Gasteiger partial charge in [-0.05, 0) is 36.4 Å². The third-order valence-corrected chi connectivity index (χ3v) is 9.80. The standard InChI is InChI=1S/C47H30N4/c1-4-14-31(15-5-1)40-30-41(50-47(49-40)34-18-8-3-9-19-34)32-24-26-35(27-25-32)51-42-23-13-11-21-37(42)45-43(51)29-28-38-44(45)36-20-10-12-22-39(36)48-46(38)33-16-6-2-7-17-33/h1-30H. The van der Waals surface area contributed by atoms with Gasteiger partial charge in [-0.2, -0.15) is 0 Å². The molecule has 7 aromatic carbocycles. The molecule has 238 valence electrons. The summed E-state index contributed by atoms with van der Waals surface area (Å²) in [6.45, 7) is 0. The Balaban J connectivity index is 1.17. The first-order valence-corrected chi connectivity index (χ1v) is 17.2. The lowest BCUT2D eigenvalue weighted by Crippen LogP contribution is -1.97. The van der Waals surface area contributed by atoms with E-state index < -0.39 is 0 Å². The lowest BCUT2D eigenvalue weighted by atomic mass is 9.96. The first kappa shape index (κ1) is 29.0. The summed E-state index contributed by atoms with van der Waals surface area (Å²) in [5.41, 5.74) is 11.4. The van der Waals surface area contributed by atoms with E-state index in [-0.39, 0.29) is 0 Å². The van der Waals surface area contributed by atoms with Gasteiger partial charge in [-0.1, -0.05) is 146 Å². The summed E-state index contributed by atoms with van der Waals surface area (Å²) in [4.78, 5) is 15.2. The Labute approximate surface area is 295 Å². The van der Waals surface area contributed by atoms with Gasteiger partial charge in [0.1, 0.15) is 0 Å². The summed E-state index contributed by atoms with van der Waals surface area (Å²) in [6.07, 6.45) is 0. The van der Waals surface area contributed by atoms with E-state index in [1.54, 1.807) is 0 Å². The second-order valence-electron chi connectivity index (χ2n) is 12.8. The minimum absolute atomic E-state index is 0.710. The van der Waals surface area contributed by atoms with Crippen molar-refractivity contribution in [1.29, 1.82) is 0 Å². The lowest BCUT2D eigenvalue weighted by Gasteiger charge is -2.13. The summed E-state index contributed by atoms with van der Waals surface area (Å²) in [6, 6.07) is 63.6. The van der Waals surface area contributed by atoms with Crippen molar-refractivity contribution in [2.45, 2.75) is 0 Å². The van der Waals surface area contributed by atoms with Gasteiger partial charge in [-0.15, -0.1) is 0 Å². The molecular formula is C47H30N4. The quantitative estimate of drug-likeness (QED) is 0.174. The van der Waals surface area contributed by atoms with E-state index in [2.05, 4.69) is 150 Å². The molecular weight excluding hydrogens is 621 g/mol. The van der Waals surface area contributed by atoms with Crippen molar-refractivity contribution in [3.63, 3.8) is 0 Å². The topological polar surface area (TPSA) is 43.6 Å². The molecule has 51 heavy (non-hydrogen) atoms. The van der Waals surface area contributed by atoms with E-state index in [9.17, 15) is 0 Å². The van der Waals surface area contributed by atoms with Crippen LogP contribution in [0.3, 0.4) is 0 Å². The molecule has 0 N–H and O–H groups in total. The Kier molecular flexibility index (Phi) is 6.78. The molecule has 0 spiro atoms. The SMILES string of the molecule is c1ccc(-c2cc(-c3ccc(-n4c5ccccc5c5c6c(ccc54)c(-c4ccccc4)nc4ccccc46)cc3)nc(-c3ccccc3)n2)cc1. The molecule has 0 bridgehead atoms. The summed E-state index contributed by atoms with van der Waals surface area (Å²) in [5, 5.41) is 5.99. The molecule has 3 heterocycles. The highest BCUT2D eigenvalue weighted by Crippen LogP contribution is 2.42. The second kappa shape index (κ2) is 11.9. The van der Waals surface area contributed by atoms with Crippen molar-refractivity contribution in [1.82, 2.24) is 19.5 Å². The number of hydrogen-bond donors (Lipinski definition) is 0.